The molecule has 0 bridgehead atoms. The normalized spacial score (nSPS) is 13.8. The van der Waals surface area contributed by atoms with E-state index in [0.717, 1.165) is 40.4 Å². The van der Waals surface area contributed by atoms with Gasteiger partial charge in [-0.15, -0.1) is 11.8 Å². The Morgan fingerprint density at radius 1 is 0.940 bits per heavy atom. The minimum atomic E-state index is -4.31. The van der Waals surface area contributed by atoms with E-state index in [1.807, 2.05) is 36.6 Å². The molecule has 50 heavy (non-hydrogen) atoms. The van der Waals surface area contributed by atoms with E-state index >= 15 is 0 Å². The van der Waals surface area contributed by atoms with Crippen molar-refractivity contribution in [2.45, 2.75) is 67.4 Å². The molecule has 0 radical (unpaired) electrons. The van der Waals surface area contributed by atoms with E-state index in [9.17, 15) is 18.0 Å². The number of halogens is 2. The van der Waals surface area contributed by atoms with Crippen LogP contribution >= 0.6 is 35.0 Å². The third-order valence-corrected chi connectivity index (χ3v) is 11.8. The molecule has 0 heterocycles. The van der Waals surface area contributed by atoms with Gasteiger partial charge in [0.2, 0.25) is 11.8 Å². The number of hydrogen-bond acceptors (Lipinski definition) is 6. The Bertz CT molecular complexity index is 1870. The Hall–Kier alpha value is -3.70. The Morgan fingerprint density at radius 2 is 1.62 bits per heavy atom. The summed E-state index contributed by atoms with van der Waals surface area (Å²) in [5.74, 6) is -0.593. The van der Waals surface area contributed by atoms with Crippen LogP contribution in [0.4, 0.5) is 5.69 Å². The van der Waals surface area contributed by atoms with Crippen LogP contribution in [0.3, 0.4) is 0 Å². The van der Waals surface area contributed by atoms with Crippen molar-refractivity contribution >= 4 is 62.5 Å². The molecule has 1 saturated carbocycles. The molecule has 4 aromatic rings. The summed E-state index contributed by atoms with van der Waals surface area (Å²) in [6, 6.07) is 26.7. The van der Waals surface area contributed by atoms with Crippen molar-refractivity contribution in [3.8, 4) is 5.75 Å². The van der Waals surface area contributed by atoms with Crippen molar-refractivity contribution in [3.05, 3.63) is 118 Å². The predicted octanol–water partition coefficient (Wildman–Crippen LogP) is 8.01. The molecule has 1 aliphatic rings. The van der Waals surface area contributed by atoms with E-state index in [0.29, 0.717) is 21.4 Å². The van der Waals surface area contributed by atoms with Gasteiger partial charge in [-0.25, -0.2) is 8.42 Å². The molecule has 2 amide bonds. The number of para-hydroxylation sites is 2. The highest BCUT2D eigenvalue weighted by Gasteiger charge is 2.36. The highest BCUT2D eigenvalue weighted by atomic mass is 35.5. The lowest BCUT2D eigenvalue weighted by molar-refractivity contribution is -0.140. The van der Waals surface area contributed by atoms with Crippen LogP contribution in [0.25, 0.3) is 0 Å². The second-order valence-corrected chi connectivity index (χ2v) is 15.6. The van der Waals surface area contributed by atoms with Gasteiger partial charge in [-0.05, 0) is 85.7 Å². The maximum Gasteiger partial charge on any atom is 0.264 e. The SMILES string of the molecule is CCOc1ccccc1N(CC(=O)N(Cc1ccc(Cl)cc1Cl)[C@H](Cc1ccccc1)C(=O)NC1CCCC1)S(=O)(=O)c1ccc(SC)cc1. The molecule has 264 valence electrons. The van der Waals surface area contributed by atoms with Crippen LogP contribution < -0.4 is 14.4 Å². The van der Waals surface area contributed by atoms with E-state index in [1.54, 1.807) is 61.5 Å². The molecule has 1 N–H and O–H groups in total. The van der Waals surface area contributed by atoms with Crippen molar-refractivity contribution in [2.75, 3.05) is 23.7 Å². The second-order valence-electron chi connectivity index (χ2n) is 12.0. The number of ether oxygens (including phenoxy) is 1. The summed E-state index contributed by atoms with van der Waals surface area (Å²) in [7, 11) is -4.31. The average Bonchev–Trinajstić information content (AvgIpc) is 3.63. The van der Waals surface area contributed by atoms with Gasteiger partial charge in [-0.1, -0.05) is 84.6 Å². The van der Waals surface area contributed by atoms with Crippen LogP contribution in [-0.4, -0.2) is 56.6 Å². The highest BCUT2D eigenvalue weighted by molar-refractivity contribution is 7.98. The summed E-state index contributed by atoms with van der Waals surface area (Å²) in [5, 5.41) is 3.93. The van der Waals surface area contributed by atoms with E-state index in [2.05, 4.69) is 5.32 Å². The molecule has 1 atom stereocenters. The van der Waals surface area contributed by atoms with Gasteiger partial charge in [-0.3, -0.25) is 13.9 Å². The number of nitrogens with one attached hydrogen (secondary N) is 1. The number of amides is 2. The monoisotopic (exact) mass is 753 g/mol. The van der Waals surface area contributed by atoms with Gasteiger partial charge in [0.1, 0.15) is 18.3 Å². The van der Waals surface area contributed by atoms with E-state index in [-0.39, 0.29) is 42.1 Å². The molecule has 8 nitrogen and oxygen atoms in total. The number of carbonyl (C=O) groups is 2. The summed E-state index contributed by atoms with van der Waals surface area (Å²) in [4.78, 5) is 31.4. The summed E-state index contributed by atoms with van der Waals surface area (Å²) in [6.07, 6.45) is 5.85. The van der Waals surface area contributed by atoms with Gasteiger partial charge in [0, 0.05) is 33.9 Å². The standard InChI is InChI=1S/C38H41Cl2N3O5S2/c1-3-48-36-16-10-9-15-34(36)43(50(46,47)32-21-19-31(49-2)20-22-32)26-37(44)42(25-28-17-18-29(39)24-33(28)40)35(23-27-11-5-4-6-12-27)38(45)41-30-13-7-8-14-30/h4-6,9-12,15-22,24,30,35H,3,7-8,13-14,23,25-26H2,1-2H3,(H,41,45)/t35-/m1/s1. The largest absolute Gasteiger partial charge is 0.492 e. The number of anilines is 1. The van der Waals surface area contributed by atoms with E-state index in [4.69, 9.17) is 27.9 Å². The van der Waals surface area contributed by atoms with Crippen molar-refractivity contribution in [1.82, 2.24) is 10.2 Å². The molecular formula is C38H41Cl2N3O5S2. The molecule has 1 aliphatic carbocycles. The molecule has 4 aromatic carbocycles. The summed E-state index contributed by atoms with van der Waals surface area (Å²) >= 11 is 14.4. The van der Waals surface area contributed by atoms with Gasteiger partial charge in [0.05, 0.1) is 17.2 Å². The second kappa shape index (κ2) is 17.5. The minimum absolute atomic E-state index is 0.00366. The molecule has 0 unspecified atom stereocenters. The van der Waals surface area contributed by atoms with Crippen molar-refractivity contribution in [2.24, 2.45) is 0 Å². The van der Waals surface area contributed by atoms with Gasteiger partial charge in [-0.2, -0.15) is 0 Å². The van der Waals surface area contributed by atoms with E-state index in [1.165, 1.54) is 28.8 Å². The van der Waals surface area contributed by atoms with Crippen LogP contribution in [0.15, 0.2) is 107 Å². The van der Waals surface area contributed by atoms with E-state index < -0.39 is 28.5 Å². The van der Waals surface area contributed by atoms with Crippen LogP contribution in [0.5, 0.6) is 5.75 Å². The molecular weight excluding hydrogens is 713 g/mol. The number of nitrogens with zero attached hydrogens (tertiary/aromatic N) is 2. The quantitative estimate of drug-likeness (QED) is 0.124. The molecule has 5 rings (SSSR count). The smallest absolute Gasteiger partial charge is 0.264 e. The fourth-order valence-electron chi connectivity index (χ4n) is 6.08. The summed E-state index contributed by atoms with van der Waals surface area (Å²) in [5.41, 5.74) is 1.61. The Morgan fingerprint density at radius 3 is 2.28 bits per heavy atom. The van der Waals surface area contributed by atoms with Gasteiger partial charge in [0.15, 0.2) is 0 Å². The Labute approximate surface area is 309 Å². The Balaban J connectivity index is 1.61. The number of sulfonamides is 1. The first-order valence-corrected chi connectivity index (χ1v) is 20.0. The lowest BCUT2D eigenvalue weighted by atomic mass is 10.0. The number of hydrogen-bond donors (Lipinski definition) is 1. The van der Waals surface area contributed by atoms with Crippen molar-refractivity contribution < 1.29 is 22.7 Å². The first-order chi connectivity index (χ1) is 24.1. The van der Waals surface area contributed by atoms with Crippen LogP contribution in [0.1, 0.15) is 43.7 Å². The first kappa shape index (κ1) is 37.6. The Kier molecular flexibility index (Phi) is 13.1. The molecule has 0 spiro atoms. The molecule has 0 saturated heterocycles. The third-order valence-electron chi connectivity index (χ3n) is 8.69. The molecule has 1 fully saturated rings. The zero-order valence-electron chi connectivity index (χ0n) is 28.1. The maximum atomic E-state index is 14.9. The van der Waals surface area contributed by atoms with Gasteiger partial charge < -0.3 is 15.0 Å². The van der Waals surface area contributed by atoms with Crippen LogP contribution in [0, 0.1) is 0 Å². The number of carbonyl (C=O) groups excluding carboxylic acids is 2. The fourth-order valence-corrected chi connectivity index (χ4v) is 8.39. The zero-order chi connectivity index (χ0) is 35.7. The molecule has 0 aromatic heterocycles. The highest BCUT2D eigenvalue weighted by Crippen LogP contribution is 2.34. The van der Waals surface area contributed by atoms with Crippen LogP contribution in [0.2, 0.25) is 10.0 Å². The molecule has 12 heteroatoms. The van der Waals surface area contributed by atoms with Crippen LogP contribution in [-0.2, 0) is 32.6 Å². The van der Waals surface area contributed by atoms with Crippen molar-refractivity contribution in [1.29, 1.82) is 0 Å². The van der Waals surface area contributed by atoms with Gasteiger partial charge in [0.25, 0.3) is 10.0 Å². The number of thioether (sulfide) groups is 1. The summed E-state index contributed by atoms with van der Waals surface area (Å²) in [6.45, 7) is 1.41. The fraction of sp³-hybridized carbons (Fsp3) is 0.316. The molecule has 0 aliphatic heterocycles. The summed E-state index contributed by atoms with van der Waals surface area (Å²) < 4.78 is 35.9. The first-order valence-electron chi connectivity index (χ1n) is 16.6. The lowest BCUT2D eigenvalue weighted by Crippen LogP contribution is -2.54. The minimum Gasteiger partial charge on any atom is -0.492 e. The predicted molar refractivity (Wildman–Crippen MR) is 202 cm³/mol. The van der Waals surface area contributed by atoms with Gasteiger partial charge >= 0.3 is 0 Å². The number of rotatable bonds is 15. The zero-order valence-corrected chi connectivity index (χ0v) is 31.2. The topological polar surface area (TPSA) is 96.0 Å². The van der Waals surface area contributed by atoms with Crippen molar-refractivity contribution in [3.63, 3.8) is 0 Å². The number of benzene rings is 4. The average molecular weight is 755 g/mol. The lowest BCUT2D eigenvalue weighted by Gasteiger charge is -2.34. The third kappa shape index (κ3) is 9.34. The maximum absolute atomic E-state index is 14.9.